The molecule has 1 aliphatic rings. The van der Waals surface area contributed by atoms with Crippen LogP contribution in [0.3, 0.4) is 0 Å². The maximum atomic E-state index is 11.5. The summed E-state index contributed by atoms with van der Waals surface area (Å²) < 4.78 is 0. The molecule has 1 aliphatic heterocycles. The van der Waals surface area contributed by atoms with Gasteiger partial charge in [0.25, 0.3) is 0 Å². The molecule has 116 valence electrons. The standard InChI is InChI=1S/C15H25N5O/c1-5-16-12-8-13(19-15(18-12)10(2)3)17-11-6-7-14(21)20(4)9-11/h8,10-11H,5-7,9H2,1-4H3,(H2,16,17,18,19). The molecule has 1 amide bonds. The molecule has 0 aromatic carbocycles. The lowest BCUT2D eigenvalue weighted by molar-refractivity contribution is -0.132. The van der Waals surface area contributed by atoms with Gasteiger partial charge in [0.05, 0.1) is 0 Å². The van der Waals surface area contributed by atoms with E-state index in [1.807, 2.05) is 20.0 Å². The zero-order valence-corrected chi connectivity index (χ0v) is 13.3. The van der Waals surface area contributed by atoms with Gasteiger partial charge in [0.1, 0.15) is 17.5 Å². The third kappa shape index (κ3) is 4.06. The first-order valence-corrected chi connectivity index (χ1v) is 7.63. The molecule has 0 aliphatic carbocycles. The molecular weight excluding hydrogens is 266 g/mol. The van der Waals surface area contributed by atoms with Crippen LogP contribution >= 0.6 is 0 Å². The van der Waals surface area contributed by atoms with E-state index in [0.717, 1.165) is 37.0 Å². The van der Waals surface area contributed by atoms with Crippen molar-refractivity contribution < 1.29 is 4.79 Å². The monoisotopic (exact) mass is 291 g/mol. The van der Waals surface area contributed by atoms with Gasteiger partial charge in [-0.15, -0.1) is 0 Å². The molecule has 0 saturated carbocycles. The molecule has 6 heteroatoms. The van der Waals surface area contributed by atoms with Gasteiger partial charge in [0.15, 0.2) is 0 Å². The van der Waals surface area contributed by atoms with Crippen molar-refractivity contribution in [2.45, 2.75) is 45.6 Å². The third-order valence-corrected chi connectivity index (χ3v) is 3.60. The van der Waals surface area contributed by atoms with Gasteiger partial charge in [-0.3, -0.25) is 4.79 Å². The fourth-order valence-corrected chi connectivity index (χ4v) is 2.41. The molecule has 1 fully saturated rings. The highest BCUT2D eigenvalue weighted by Gasteiger charge is 2.23. The van der Waals surface area contributed by atoms with E-state index in [9.17, 15) is 4.79 Å². The molecule has 2 N–H and O–H groups in total. The number of aromatic nitrogens is 2. The molecule has 1 unspecified atom stereocenters. The Kier molecular flexibility index (Phi) is 4.98. The summed E-state index contributed by atoms with van der Waals surface area (Å²) in [6, 6.07) is 2.18. The number of anilines is 2. The summed E-state index contributed by atoms with van der Waals surface area (Å²) in [6.45, 7) is 7.76. The summed E-state index contributed by atoms with van der Waals surface area (Å²) in [5, 5.41) is 6.68. The van der Waals surface area contributed by atoms with Crippen LogP contribution in [-0.2, 0) is 4.79 Å². The van der Waals surface area contributed by atoms with Crippen LogP contribution in [0.25, 0.3) is 0 Å². The fraction of sp³-hybridized carbons (Fsp3) is 0.667. The SMILES string of the molecule is CCNc1cc(NC2CCC(=O)N(C)C2)nc(C(C)C)n1. The van der Waals surface area contributed by atoms with E-state index in [2.05, 4.69) is 34.4 Å². The normalized spacial score (nSPS) is 19.0. The van der Waals surface area contributed by atoms with Gasteiger partial charge >= 0.3 is 0 Å². The highest BCUT2D eigenvalue weighted by molar-refractivity contribution is 5.77. The molecule has 2 rings (SSSR count). The van der Waals surface area contributed by atoms with Crippen LogP contribution in [0.1, 0.15) is 45.4 Å². The Morgan fingerprint density at radius 1 is 1.38 bits per heavy atom. The van der Waals surface area contributed by atoms with Crippen molar-refractivity contribution in [2.24, 2.45) is 0 Å². The highest BCUT2D eigenvalue weighted by atomic mass is 16.2. The first-order chi connectivity index (χ1) is 9.99. The zero-order valence-electron chi connectivity index (χ0n) is 13.3. The van der Waals surface area contributed by atoms with Crippen molar-refractivity contribution in [1.29, 1.82) is 0 Å². The van der Waals surface area contributed by atoms with Crippen molar-refractivity contribution >= 4 is 17.5 Å². The van der Waals surface area contributed by atoms with E-state index in [1.165, 1.54) is 0 Å². The number of hydrogen-bond donors (Lipinski definition) is 2. The number of piperidine rings is 1. The van der Waals surface area contributed by atoms with E-state index >= 15 is 0 Å². The number of carbonyl (C=O) groups excluding carboxylic acids is 1. The van der Waals surface area contributed by atoms with Gasteiger partial charge in [-0.05, 0) is 13.3 Å². The Morgan fingerprint density at radius 2 is 2.10 bits per heavy atom. The first kappa shape index (κ1) is 15.5. The molecule has 0 radical (unpaired) electrons. The average Bonchev–Trinajstić information content (AvgIpc) is 2.43. The van der Waals surface area contributed by atoms with Crippen LogP contribution in [0.4, 0.5) is 11.6 Å². The summed E-state index contributed by atoms with van der Waals surface area (Å²) in [4.78, 5) is 22.4. The van der Waals surface area contributed by atoms with E-state index < -0.39 is 0 Å². The molecule has 0 bridgehead atoms. The van der Waals surface area contributed by atoms with E-state index in [1.54, 1.807) is 4.90 Å². The van der Waals surface area contributed by atoms with Crippen molar-refractivity contribution in [2.75, 3.05) is 30.8 Å². The minimum Gasteiger partial charge on any atom is -0.370 e. The number of likely N-dealkylation sites (tertiary alicyclic amines) is 1. The smallest absolute Gasteiger partial charge is 0.222 e. The van der Waals surface area contributed by atoms with Crippen molar-refractivity contribution in [1.82, 2.24) is 14.9 Å². The molecule has 1 saturated heterocycles. The Labute approximate surface area is 126 Å². The number of likely N-dealkylation sites (N-methyl/N-ethyl adjacent to an activating group) is 1. The minimum atomic E-state index is 0.215. The summed E-state index contributed by atoms with van der Waals surface area (Å²) in [5.74, 6) is 3.00. The fourth-order valence-electron chi connectivity index (χ4n) is 2.41. The van der Waals surface area contributed by atoms with Crippen LogP contribution in [0.5, 0.6) is 0 Å². The van der Waals surface area contributed by atoms with E-state index in [-0.39, 0.29) is 17.9 Å². The number of nitrogens with zero attached hydrogens (tertiary/aromatic N) is 3. The Hall–Kier alpha value is -1.85. The summed E-state index contributed by atoms with van der Waals surface area (Å²) >= 11 is 0. The van der Waals surface area contributed by atoms with E-state index in [0.29, 0.717) is 6.42 Å². The van der Waals surface area contributed by atoms with Crippen LogP contribution < -0.4 is 10.6 Å². The van der Waals surface area contributed by atoms with Crippen LogP contribution in [-0.4, -0.2) is 47.0 Å². The second-order valence-corrected chi connectivity index (χ2v) is 5.84. The first-order valence-electron chi connectivity index (χ1n) is 7.63. The molecule has 21 heavy (non-hydrogen) atoms. The quantitative estimate of drug-likeness (QED) is 0.869. The van der Waals surface area contributed by atoms with Gasteiger partial charge < -0.3 is 15.5 Å². The summed E-state index contributed by atoms with van der Waals surface area (Å²) in [6.07, 6.45) is 1.44. The van der Waals surface area contributed by atoms with Crippen molar-refractivity contribution in [3.05, 3.63) is 11.9 Å². The number of amides is 1. The second kappa shape index (κ2) is 6.74. The maximum absolute atomic E-state index is 11.5. The second-order valence-electron chi connectivity index (χ2n) is 5.84. The lowest BCUT2D eigenvalue weighted by Crippen LogP contribution is -2.43. The van der Waals surface area contributed by atoms with Gasteiger partial charge in [0, 0.05) is 44.6 Å². The minimum absolute atomic E-state index is 0.215. The summed E-state index contributed by atoms with van der Waals surface area (Å²) in [7, 11) is 1.85. The number of hydrogen-bond acceptors (Lipinski definition) is 5. The van der Waals surface area contributed by atoms with Crippen molar-refractivity contribution in [3.63, 3.8) is 0 Å². The maximum Gasteiger partial charge on any atom is 0.222 e. The molecule has 2 heterocycles. The number of rotatable bonds is 5. The number of carbonyl (C=O) groups is 1. The molecule has 1 aromatic heterocycles. The van der Waals surface area contributed by atoms with Gasteiger partial charge in [0.2, 0.25) is 5.91 Å². The Morgan fingerprint density at radius 3 is 2.71 bits per heavy atom. The molecule has 0 spiro atoms. The molecule has 6 nitrogen and oxygen atoms in total. The van der Waals surface area contributed by atoms with Gasteiger partial charge in [-0.1, -0.05) is 13.8 Å². The number of nitrogens with one attached hydrogen (secondary N) is 2. The van der Waals surface area contributed by atoms with E-state index in [4.69, 9.17) is 0 Å². The van der Waals surface area contributed by atoms with Gasteiger partial charge in [-0.25, -0.2) is 9.97 Å². The zero-order chi connectivity index (χ0) is 15.4. The third-order valence-electron chi connectivity index (χ3n) is 3.60. The van der Waals surface area contributed by atoms with Crippen molar-refractivity contribution in [3.8, 4) is 0 Å². The topological polar surface area (TPSA) is 70.2 Å². The van der Waals surface area contributed by atoms with Crippen LogP contribution in [0.2, 0.25) is 0 Å². The Balaban J connectivity index is 2.13. The molecule has 1 aromatic rings. The molecular formula is C15H25N5O. The van der Waals surface area contributed by atoms with Crippen LogP contribution in [0, 0.1) is 0 Å². The molecule has 1 atom stereocenters. The largest absolute Gasteiger partial charge is 0.370 e. The van der Waals surface area contributed by atoms with Gasteiger partial charge in [-0.2, -0.15) is 0 Å². The summed E-state index contributed by atoms with van der Waals surface area (Å²) in [5.41, 5.74) is 0. The predicted molar refractivity (Wildman–Crippen MR) is 84.6 cm³/mol. The average molecular weight is 291 g/mol. The highest BCUT2D eigenvalue weighted by Crippen LogP contribution is 2.20. The van der Waals surface area contributed by atoms with Crippen LogP contribution in [0.15, 0.2) is 6.07 Å². The lowest BCUT2D eigenvalue weighted by atomic mass is 10.1. The predicted octanol–water partition coefficient (Wildman–Crippen LogP) is 2.06. The Bertz CT molecular complexity index is 503. The lowest BCUT2D eigenvalue weighted by Gasteiger charge is -2.30.